The van der Waals surface area contributed by atoms with Gasteiger partial charge in [0.25, 0.3) is 0 Å². The van der Waals surface area contributed by atoms with E-state index in [4.69, 9.17) is 0 Å². The van der Waals surface area contributed by atoms with Crippen LogP contribution in [0.3, 0.4) is 0 Å². The SMILES string of the molecule is OC1=CC=CC2Cc3ccccc3C(O)C12. The molecule has 1 aromatic carbocycles. The van der Waals surface area contributed by atoms with Crippen molar-refractivity contribution in [2.75, 3.05) is 0 Å². The largest absolute Gasteiger partial charge is 0.512 e. The lowest BCUT2D eigenvalue weighted by Crippen LogP contribution is -2.31. The van der Waals surface area contributed by atoms with Crippen LogP contribution in [0.5, 0.6) is 0 Å². The number of aliphatic hydroxyl groups excluding tert-OH is 2. The molecule has 0 radical (unpaired) electrons. The predicted octanol–water partition coefficient (Wildman–Crippen LogP) is 2.52. The summed E-state index contributed by atoms with van der Waals surface area (Å²) in [4.78, 5) is 0. The number of hydrogen-bond acceptors (Lipinski definition) is 2. The van der Waals surface area contributed by atoms with Crippen LogP contribution >= 0.6 is 0 Å². The molecule has 0 aromatic heterocycles. The molecule has 82 valence electrons. The summed E-state index contributed by atoms with van der Waals surface area (Å²) in [7, 11) is 0. The highest BCUT2D eigenvalue weighted by molar-refractivity contribution is 5.37. The van der Waals surface area contributed by atoms with Gasteiger partial charge in [0.2, 0.25) is 0 Å². The van der Waals surface area contributed by atoms with E-state index in [-0.39, 0.29) is 11.8 Å². The minimum absolute atomic E-state index is 0.167. The lowest BCUT2D eigenvalue weighted by atomic mass is 9.71. The molecule has 0 spiro atoms. The van der Waals surface area contributed by atoms with Crippen LogP contribution in [-0.4, -0.2) is 10.2 Å². The van der Waals surface area contributed by atoms with Crippen LogP contribution < -0.4 is 0 Å². The van der Waals surface area contributed by atoms with Crippen LogP contribution in [0.15, 0.2) is 48.3 Å². The molecule has 1 aromatic rings. The minimum atomic E-state index is -0.587. The zero-order valence-corrected chi connectivity index (χ0v) is 8.88. The topological polar surface area (TPSA) is 40.5 Å². The second kappa shape index (κ2) is 3.49. The molecule has 2 aliphatic carbocycles. The fourth-order valence-electron chi connectivity index (χ4n) is 2.79. The second-order valence-corrected chi connectivity index (χ2v) is 4.51. The fourth-order valence-corrected chi connectivity index (χ4v) is 2.79. The Bertz CT molecular complexity index is 473. The Balaban J connectivity index is 2.08. The van der Waals surface area contributed by atoms with Crippen LogP contribution in [0, 0.1) is 11.8 Å². The Morgan fingerprint density at radius 2 is 2.00 bits per heavy atom. The number of hydrogen-bond donors (Lipinski definition) is 2. The lowest BCUT2D eigenvalue weighted by Gasteiger charge is -2.36. The van der Waals surface area contributed by atoms with Gasteiger partial charge in [0.1, 0.15) is 0 Å². The van der Waals surface area contributed by atoms with Gasteiger partial charge in [-0.3, -0.25) is 0 Å². The van der Waals surface area contributed by atoms with Gasteiger partial charge in [-0.15, -0.1) is 0 Å². The van der Waals surface area contributed by atoms with Crippen LogP contribution in [0.4, 0.5) is 0 Å². The molecule has 0 saturated carbocycles. The summed E-state index contributed by atoms with van der Waals surface area (Å²) in [6.45, 7) is 0. The molecule has 0 heterocycles. The van der Waals surface area contributed by atoms with Gasteiger partial charge < -0.3 is 10.2 Å². The molecular formula is C14H14O2. The first-order chi connectivity index (χ1) is 7.77. The first-order valence-corrected chi connectivity index (χ1v) is 5.60. The van der Waals surface area contributed by atoms with E-state index in [9.17, 15) is 10.2 Å². The minimum Gasteiger partial charge on any atom is -0.512 e. The summed E-state index contributed by atoms with van der Waals surface area (Å²) in [5, 5.41) is 20.1. The number of rotatable bonds is 0. The van der Waals surface area contributed by atoms with E-state index in [2.05, 4.69) is 12.1 Å². The summed E-state index contributed by atoms with van der Waals surface area (Å²) < 4.78 is 0. The molecule has 2 nitrogen and oxygen atoms in total. The zero-order valence-electron chi connectivity index (χ0n) is 8.88. The Hall–Kier alpha value is -1.54. The van der Waals surface area contributed by atoms with Crippen molar-refractivity contribution in [3.05, 3.63) is 59.4 Å². The van der Waals surface area contributed by atoms with Crippen LogP contribution in [0.2, 0.25) is 0 Å². The third-order valence-corrected chi connectivity index (χ3v) is 3.60. The van der Waals surface area contributed by atoms with Crippen molar-refractivity contribution < 1.29 is 10.2 Å². The first-order valence-electron chi connectivity index (χ1n) is 5.60. The maximum atomic E-state index is 10.3. The normalized spacial score (nSPS) is 31.6. The van der Waals surface area contributed by atoms with Crippen molar-refractivity contribution in [1.29, 1.82) is 0 Å². The van der Waals surface area contributed by atoms with Crippen molar-refractivity contribution >= 4 is 0 Å². The molecule has 3 unspecified atom stereocenters. The summed E-state index contributed by atoms with van der Waals surface area (Å²) >= 11 is 0. The van der Waals surface area contributed by atoms with Gasteiger partial charge in [-0.1, -0.05) is 36.4 Å². The van der Waals surface area contributed by atoms with E-state index in [1.54, 1.807) is 6.08 Å². The maximum Gasteiger partial charge on any atom is 0.0988 e. The molecule has 0 amide bonds. The Labute approximate surface area is 94.5 Å². The van der Waals surface area contributed by atoms with E-state index < -0.39 is 6.10 Å². The Morgan fingerprint density at radius 3 is 2.88 bits per heavy atom. The molecule has 0 bridgehead atoms. The molecule has 3 rings (SSSR count). The molecule has 2 aliphatic rings. The van der Waals surface area contributed by atoms with Gasteiger partial charge in [-0.2, -0.15) is 0 Å². The van der Waals surface area contributed by atoms with Gasteiger partial charge >= 0.3 is 0 Å². The highest BCUT2D eigenvalue weighted by Gasteiger charge is 2.37. The van der Waals surface area contributed by atoms with Gasteiger partial charge in [-0.05, 0) is 29.5 Å². The lowest BCUT2D eigenvalue weighted by molar-refractivity contribution is 0.0667. The summed E-state index contributed by atoms with van der Waals surface area (Å²) in [5.74, 6) is 0.351. The molecule has 3 atom stereocenters. The third kappa shape index (κ3) is 1.30. The molecule has 2 heteroatoms. The fraction of sp³-hybridized carbons (Fsp3) is 0.286. The zero-order chi connectivity index (χ0) is 11.1. The molecule has 0 aliphatic heterocycles. The number of allylic oxidation sites excluding steroid dienone is 3. The van der Waals surface area contributed by atoms with Gasteiger partial charge in [0, 0.05) is 0 Å². The molecule has 2 N–H and O–H groups in total. The summed E-state index contributed by atoms with van der Waals surface area (Å²) in [5.41, 5.74) is 2.15. The Morgan fingerprint density at radius 1 is 1.19 bits per heavy atom. The van der Waals surface area contributed by atoms with Gasteiger partial charge in [0.15, 0.2) is 0 Å². The van der Waals surface area contributed by atoms with Crippen molar-refractivity contribution in [1.82, 2.24) is 0 Å². The summed E-state index contributed by atoms with van der Waals surface area (Å²) in [6.07, 6.45) is 5.93. The molecular weight excluding hydrogens is 200 g/mol. The van der Waals surface area contributed by atoms with Crippen LogP contribution in [-0.2, 0) is 6.42 Å². The van der Waals surface area contributed by atoms with Crippen molar-refractivity contribution in [2.24, 2.45) is 11.8 Å². The number of benzene rings is 1. The van der Waals surface area contributed by atoms with Crippen molar-refractivity contribution in [2.45, 2.75) is 12.5 Å². The highest BCUT2D eigenvalue weighted by Crippen LogP contribution is 2.43. The van der Waals surface area contributed by atoms with Crippen LogP contribution in [0.1, 0.15) is 17.2 Å². The molecule has 0 fully saturated rings. The molecule has 16 heavy (non-hydrogen) atoms. The average Bonchev–Trinajstić information content (AvgIpc) is 2.29. The van der Waals surface area contributed by atoms with Crippen molar-refractivity contribution in [3.63, 3.8) is 0 Å². The van der Waals surface area contributed by atoms with E-state index in [0.717, 1.165) is 12.0 Å². The summed E-state index contributed by atoms with van der Waals surface area (Å²) in [6, 6.07) is 7.93. The van der Waals surface area contributed by atoms with E-state index in [1.165, 1.54) is 5.56 Å². The standard InChI is InChI=1S/C14H14O2/c15-12-7-3-5-10-8-9-4-1-2-6-11(9)14(16)13(10)12/h1-7,10,13-16H,8H2. The van der Waals surface area contributed by atoms with Crippen LogP contribution in [0.25, 0.3) is 0 Å². The maximum absolute atomic E-state index is 10.3. The van der Waals surface area contributed by atoms with Crippen molar-refractivity contribution in [3.8, 4) is 0 Å². The Kier molecular flexibility index (Phi) is 2.11. The van der Waals surface area contributed by atoms with E-state index in [0.29, 0.717) is 5.76 Å². The van der Waals surface area contributed by atoms with E-state index in [1.807, 2.05) is 24.3 Å². The molecule has 0 saturated heterocycles. The second-order valence-electron chi connectivity index (χ2n) is 4.51. The number of aliphatic hydroxyl groups is 2. The third-order valence-electron chi connectivity index (χ3n) is 3.60. The van der Waals surface area contributed by atoms with Gasteiger partial charge in [0.05, 0.1) is 17.8 Å². The first kappa shape index (κ1) is 9.67. The highest BCUT2D eigenvalue weighted by atomic mass is 16.3. The average molecular weight is 214 g/mol. The number of fused-ring (bicyclic) bond motifs is 2. The smallest absolute Gasteiger partial charge is 0.0988 e. The monoisotopic (exact) mass is 214 g/mol. The van der Waals surface area contributed by atoms with Gasteiger partial charge in [-0.25, -0.2) is 0 Å². The van der Waals surface area contributed by atoms with E-state index >= 15 is 0 Å². The predicted molar refractivity (Wildman–Crippen MR) is 61.9 cm³/mol. The quantitative estimate of drug-likeness (QED) is 0.696.